The first-order valence-electron chi connectivity index (χ1n) is 8.76. The molecule has 1 atom stereocenters. The van der Waals surface area contributed by atoms with Gasteiger partial charge >= 0.3 is 0 Å². The quantitative estimate of drug-likeness (QED) is 0.629. The third-order valence-electron chi connectivity index (χ3n) is 5.06. The topological polar surface area (TPSA) is 46.9 Å². The Morgan fingerprint density at radius 2 is 1.70 bits per heavy atom. The number of para-hydroxylation sites is 1. The Labute approximate surface area is 168 Å². The summed E-state index contributed by atoms with van der Waals surface area (Å²) in [4.78, 5) is 12.5. The largest absolute Gasteiger partial charge is 0.351 e. The van der Waals surface area contributed by atoms with Crippen LogP contribution < -0.4 is 5.32 Å². The average Bonchev–Trinajstić information content (AvgIpc) is 3.03. The fraction of sp³-hybridized carbons (Fsp3) is 0.238. The molecule has 0 aliphatic heterocycles. The molecule has 1 fully saturated rings. The monoisotopic (exact) mass is 399 g/mol. The summed E-state index contributed by atoms with van der Waals surface area (Å²) >= 11 is 12.2. The summed E-state index contributed by atoms with van der Waals surface area (Å²) in [5.74, 6) is -0.140. The molecule has 0 spiro atoms. The van der Waals surface area contributed by atoms with Gasteiger partial charge in [0, 0.05) is 23.9 Å². The minimum atomic E-state index is -0.979. The van der Waals surface area contributed by atoms with Gasteiger partial charge in [0.1, 0.15) is 4.33 Å². The van der Waals surface area contributed by atoms with Crippen molar-refractivity contribution >= 4 is 29.1 Å². The van der Waals surface area contributed by atoms with Crippen molar-refractivity contribution in [3.8, 4) is 16.9 Å². The summed E-state index contributed by atoms with van der Waals surface area (Å²) in [5.41, 5.74) is 2.99. The SMILES string of the molecule is CC1(C(=O)NCc2cn(-c3ccccc3)nc2-c2ccccc2)CC1(Cl)Cl. The second kappa shape index (κ2) is 6.70. The highest BCUT2D eigenvalue weighted by molar-refractivity contribution is 6.53. The minimum absolute atomic E-state index is 0.140. The van der Waals surface area contributed by atoms with Crippen molar-refractivity contribution in [3.05, 3.63) is 72.4 Å². The van der Waals surface area contributed by atoms with E-state index in [1.54, 1.807) is 6.92 Å². The zero-order chi connectivity index (χ0) is 19.1. The molecule has 27 heavy (non-hydrogen) atoms. The van der Waals surface area contributed by atoms with Gasteiger partial charge < -0.3 is 5.32 Å². The molecule has 0 bridgehead atoms. The number of carbonyl (C=O) groups excluding carboxylic acids is 1. The number of rotatable bonds is 5. The molecule has 1 N–H and O–H groups in total. The number of nitrogens with one attached hydrogen (secondary N) is 1. The van der Waals surface area contributed by atoms with Gasteiger partial charge in [-0.15, -0.1) is 23.2 Å². The Hall–Kier alpha value is -2.30. The molecular formula is C21H19Cl2N3O. The van der Waals surface area contributed by atoms with Gasteiger partial charge in [0.15, 0.2) is 0 Å². The van der Waals surface area contributed by atoms with E-state index in [0.29, 0.717) is 13.0 Å². The van der Waals surface area contributed by atoms with E-state index in [0.717, 1.165) is 22.5 Å². The van der Waals surface area contributed by atoms with Crippen LogP contribution >= 0.6 is 23.2 Å². The van der Waals surface area contributed by atoms with Gasteiger partial charge in [-0.25, -0.2) is 4.68 Å². The molecule has 4 nitrogen and oxygen atoms in total. The van der Waals surface area contributed by atoms with Crippen molar-refractivity contribution in [2.75, 3.05) is 0 Å². The fourth-order valence-corrected chi connectivity index (χ4v) is 3.81. The number of nitrogens with zero attached hydrogens (tertiary/aromatic N) is 2. The smallest absolute Gasteiger partial charge is 0.229 e. The van der Waals surface area contributed by atoms with Crippen LogP contribution in [0.4, 0.5) is 0 Å². The molecule has 0 saturated heterocycles. The maximum absolute atomic E-state index is 12.5. The van der Waals surface area contributed by atoms with E-state index in [1.165, 1.54) is 0 Å². The van der Waals surface area contributed by atoms with Crippen LogP contribution in [0.2, 0.25) is 0 Å². The van der Waals surface area contributed by atoms with E-state index in [2.05, 4.69) is 5.32 Å². The number of halogens is 2. The van der Waals surface area contributed by atoms with Gasteiger partial charge in [-0.3, -0.25) is 4.79 Å². The summed E-state index contributed by atoms with van der Waals surface area (Å²) in [5, 5.41) is 7.72. The van der Waals surface area contributed by atoms with Crippen molar-refractivity contribution in [1.82, 2.24) is 15.1 Å². The molecule has 6 heteroatoms. The maximum Gasteiger partial charge on any atom is 0.229 e. The van der Waals surface area contributed by atoms with E-state index < -0.39 is 9.75 Å². The Morgan fingerprint density at radius 3 is 2.30 bits per heavy atom. The van der Waals surface area contributed by atoms with Crippen LogP contribution in [0.15, 0.2) is 66.9 Å². The predicted octanol–water partition coefficient (Wildman–Crippen LogP) is 4.74. The second-order valence-corrected chi connectivity index (χ2v) is 8.53. The molecule has 1 saturated carbocycles. The van der Waals surface area contributed by atoms with Gasteiger partial charge in [0.25, 0.3) is 0 Å². The van der Waals surface area contributed by atoms with Gasteiger partial charge in [-0.1, -0.05) is 48.5 Å². The lowest BCUT2D eigenvalue weighted by Gasteiger charge is -2.12. The van der Waals surface area contributed by atoms with Crippen LogP contribution in [0.1, 0.15) is 18.9 Å². The Morgan fingerprint density at radius 1 is 1.11 bits per heavy atom. The molecule has 2 aromatic carbocycles. The molecule has 1 amide bonds. The normalized spacial score (nSPS) is 20.3. The summed E-state index contributed by atoms with van der Waals surface area (Å²) in [6.07, 6.45) is 2.41. The van der Waals surface area contributed by atoms with Crippen LogP contribution in [-0.4, -0.2) is 20.0 Å². The van der Waals surface area contributed by atoms with Crippen LogP contribution in [0, 0.1) is 5.41 Å². The maximum atomic E-state index is 12.5. The van der Waals surface area contributed by atoms with E-state index in [4.69, 9.17) is 28.3 Å². The van der Waals surface area contributed by atoms with E-state index in [1.807, 2.05) is 71.5 Å². The zero-order valence-electron chi connectivity index (χ0n) is 14.8. The van der Waals surface area contributed by atoms with Crippen LogP contribution in [-0.2, 0) is 11.3 Å². The Kier molecular flexibility index (Phi) is 4.49. The number of alkyl halides is 2. The van der Waals surface area contributed by atoms with Crippen LogP contribution in [0.25, 0.3) is 16.9 Å². The van der Waals surface area contributed by atoms with Crippen molar-refractivity contribution in [2.24, 2.45) is 5.41 Å². The highest BCUT2D eigenvalue weighted by Crippen LogP contribution is 2.63. The van der Waals surface area contributed by atoms with Crippen molar-refractivity contribution in [1.29, 1.82) is 0 Å². The lowest BCUT2D eigenvalue weighted by Crippen LogP contribution is -2.32. The number of carbonyl (C=O) groups is 1. The molecule has 4 rings (SSSR count). The van der Waals surface area contributed by atoms with Crippen molar-refractivity contribution < 1.29 is 4.79 Å². The molecule has 1 aliphatic rings. The highest BCUT2D eigenvalue weighted by atomic mass is 35.5. The number of aromatic nitrogens is 2. The molecule has 1 unspecified atom stereocenters. The number of benzene rings is 2. The second-order valence-electron chi connectivity index (χ2n) is 7.05. The van der Waals surface area contributed by atoms with Crippen molar-refractivity contribution in [2.45, 2.75) is 24.2 Å². The lowest BCUT2D eigenvalue weighted by molar-refractivity contribution is -0.125. The lowest BCUT2D eigenvalue weighted by atomic mass is 10.1. The Bertz CT molecular complexity index is 970. The van der Waals surface area contributed by atoms with Gasteiger partial charge in [0.05, 0.1) is 16.8 Å². The van der Waals surface area contributed by atoms with Gasteiger partial charge in [-0.2, -0.15) is 5.10 Å². The molecule has 138 valence electrons. The van der Waals surface area contributed by atoms with Crippen LogP contribution in [0.3, 0.4) is 0 Å². The third-order valence-corrected chi connectivity index (χ3v) is 6.16. The zero-order valence-corrected chi connectivity index (χ0v) is 16.3. The molecule has 1 aromatic heterocycles. The first kappa shape index (κ1) is 18.1. The summed E-state index contributed by atoms with van der Waals surface area (Å²) in [6.45, 7) is 2.14. The standard InChI is InChI=1S/C21H19Cl2N3O/c1-20(14-21(20,22)23)19(27)24-12-16-13-26(17-10-6-3-7-11-17)25-18(16)15-8-4-2-5-9-15/h2-11,13H,12,14H2,1H3,(H,24,27). The van der Waals surface area contributed by atoms with Crippen LogP contribution in [0.5, 0.6) is 0 Å². The molecule has 1 heterocycles. The third kappa shape index (κ3) is 3.35. The molecule has 1 aliphatic carbocycles. The highest BCUT2D eigenvalue weighted by Gasteiger charge is 2.67. The number of hydrogen-bond acceptors (Lipinski definition) is 2. The summed E-state index contributed by atoms with van der Waals surface area (Å²) in [6, 6.07) is 19.8. The number of amides is 1. The fourth-order valence-electron chi connectivity index (χ4n) is 3.11. The van der Waals surface area contributed by atoms with E-state index in [9.17, 15) is 4.79 Å². The molecular weight excluding hydrogens is 381 g/mol. The first-order chi connectivity index (χ1) is 12.9. The van der Waals surface area contributed by atoms with E-state index in [-0.39, 0.29) is 5.91 Å². The van der Waals surface area contributed by atoms with Gasteiger partial charge in [-0.05, 0) is 25.5 Å². The number of hydrogen-bond donors (Lipinski definition) is 1. The average molecular weight is 400 g/mol. The van der Waals surface area contributed by atoms with Crippen molar-refractivity contribution in [3.63, 3.8) is 0 Å². The van der Waals surface area contributed by atoms with Gasteiger partial charge in [0.2, 0.25) is 5.91 Å². The summed E-state index contributed by atoms with van der Waals surface area (Å²) in [7, 11) is 0. The summed E-state index contributed by atoms with van der Waals surface area (Å²) < 4.78 is 0.851. The predicted molar refractivity (Wildman–Crippen MR) is 108 cm³/mol. The van der Waals surface area contributed by atoms with E-state index >= 15 is 0 Å². The minimum Gasteiger partial charge on any atom is -0.351 e. The first-order valence-corrected chi connectivity index (χ1v) is 9.52. The molecule has 3 aromatic rings. The Balaban J connectivity index is 1.63. The molecule has 0 radical (unpaired) electrons.